The fourth-order valence-corrected chi connectivity index (χ4v) is 0. The summed E-state index contributed by atoms with van der Waals surface area (Å²) >= 11 is 0. The third-order valence-electron chi connectivity index (χ3n) is 0. The lowest BCUT2D eigenvalue weighted by atomic mass is 10.6. The van der Waals surface area contributed by atoms with Crippen LogP contribution in [0.5, 0.6) is 0 Å². The van der Waals surface area contributed by atoms with Crippen molar-refractivity contribution in [1.82, 2.24) is 0 Å². The third kappa shape index (κ3) is 0. The highest BCUT2D eigenvalue weighted by atomic mass is 13.4. The van der Waals surface area contributed by atoms with Crippen LogP contribution >= 0.6 is 0 Å². The van der Waals surface area contributed by atoms with Gasteiger partial charge in [0.25, 0.3) is 0 Å². The van der Waals surface area contributed by atoms with Gasteiger partial charge in [0.1, 0.15) is 0 Å². The Kier molecular flexibility index (Phi) is 27.0. The van der Waals surface area contributed by atoms with E-state index < -0.39 is 0 Å². The van der Waals surface area contributed by atoms with Crippen LogP contribution in [0.3, 0.4) is 0 Å². The van der Waals surface area contributed by atoms with Crippen LogP contribution in [0.2, 0.25) is 0 Å². The molecule has 0 aliphatic carbocycles. The summed E-state index contributed by atoms with van der Waals surface area (Å²) in [6.07, 6.45) is 1.25. The summed E-state index contributed by atoms with van der Waals surface area (Å²) in [4.78, 5) is 0. The van der Waals surface area contributed by atoms with Gasteiger partial charge in [0, 0.05) is 7.43 Å². The Bertz CT molecular complexity index is 0. The summed E-state index contributed by atoms with van der Waals surface area (Å²) in [5.41, 5.74) is 0. The second-order valence-electron chi connectivity index (χ2n) is 0.707. The molecule has 0 saturated carbocycles. The fourth-order valence-electron chi connectivity index (χ4n) is 0. The fraction of sp³-hybridized carbons (Fsp3) is 0.750. The van der Waals surface area contributed by atoms with Gasteiger partial charge in [0.15, 0.2) is 0 Å². The van der Waals surface area contributed by atoms with Gasteiger partial charge < -0.3 is 0 Å². The van der Waals surface area contributed by atoms with Crippen molar-refractivity contribution in [2.45, 2.75) is 20.3 Å². The van der Waals surface area contributed by atoms with Crippen LogP contribution in [0.1, 0.15) is 20.3 Å². The van der Waals surface area contributed by atoms with Gasteiger partial charge in [-0.2, -0.15) is 0 Å². The molecule has 0 unspecified atom stereocenters. The lowest BCUT2D eigenvalue weighted by Crippen LogP contribution is -1.27. The minimum absolute atomic E-state index is 0. The van der Waals surface area contributed by atoms with Gasteiger partial charge >= 0.3 is 0 Å². The third-order valence-corrected chi connectivity index (χ3v) is 0. The molecule has 4 radical (unpaired) electrons. The van der Waals surface area contributed by atoms with E-state index in [1.807, 2.05) is 0 Å². The minimum atomic E-state index is 0. The molecule has 0 heterocycles. The number of hydrogen-bond acceptors (Lipinski definition) is 0. The van der Waals surface area contributed by atoms with E-state index in [1.54, 1.807) is 0 Å². The summed E-state index contributed by atoms with van der Waals surface area (Å²) in [7, 11) is 0. The largest absolute Gasteiger partial charge is 0.0656 e. The second-order valence-corrected chi connectivity index (χ2v) is 0.707. The van der Waals surface area contributed by atoms with Gasteiger partial charge in [-0.25, -0.2) is 0 Å². The Morgan fingerprint density at radius 1 is 1.25 bits per heavy atom. The molecule has 0 N–H and O–H groups in total. The van der Waals surface area contributed by atoms with Gasteiger partial charge in [0.2, 0.25) is 0 Å². The van der Waals surface area contributed by atoms with Crippen molar-refractivity contribution in [3.63, 3.8) is 0 Å². The zero-order valence-electron chi connectivity index (χ0n) is 3.21. The van der Waals surface area contributed by atoms with E-state index in [0.29, 0.717) is 0 Å². The van der Waals surface area contributed by atoms with Crippen LogP contribution in [0.25, 0.3) is 0 Å². The first-order valence-corrected chi connectivity index (χ1v) is 1.41. The van der Waals surface area contributed by atoms with Crippen molar-refractivity contribution in [2.24, 2.45) is 0 Å². The predicted octanol–water partition coefficient (Wildman–Crippen LogP) is 1.50. The summed E-state index contributed by atoms with van der Waals surface area (Å²) < 4.78 is 0. The molecule has 0 nitrogen and oxygen atoms in total. The molecule has 24 valence electrons. The van der Waals surface area contributed by atoms with Crippen LogP contribution in [0.4, 0.5) is 0 Å². The monoisotopic (exact) mass is 56.1 g/mol. The van der Waals surface area contributed by atoms with Gasteiger partial charge in [-0.15, -0.1) is 0 Å². The maximum Gasteiger partial charge on any atom is 0 e. The van der Waals surface area contributed by atoms with Gasteiger partial charge in [-0.3, -0.25) is 0 Å². The first kappa shape index (κ1) is 9.00. The van der Waals surface area contributed by atoms with Crippen LogP contribution in [0.15, 0.2) is 0 Å². The highest BCUT2D eigenvalue weighted by Gasteiger charge is 1.35. The topological polar surface area (TPSA) is 0 Å². The SMILES string of the molecule is CCC.[C]. The molecule has 0 spiro atoms. The molecule has 4 heavy (non-hydrogen) atoms. The van der Waals surface area contributed by atoms with Crippen molar-refractivity contribution in [2.75, 3.05) is 0 Å². The van der Waals surface area contributed by atoms with E-state index in [4.69, 9.17) is 0 Å². The quantitative estimate of drug-likeness (QED) is 0.394. The molecular formula is C4H8. The Labute approximate surface area is 28.8 Å². The molecular weight excluding hydrogens is 48.0 g/mol. The van der Waals surface area contributed by atoms with E-state index in [2.05, 4.69) is 13.8 Å². The van der Waals surface area contributed by atoms with E-state index in [0.717, 1.165) is 0 Å². The van der Waals surface area contributed by atoms with E-state index in [-0.39, 0.29) is 7.43 Å². The first-order valence-electron chi connectivity index (χ1n) is 1.41. The van der Waals surface area contributed by atoms with Crippen LogP contribution < -0.4 is 0 Å². The molecule has 0 rings (SSSR count). The van der Waals surface area contributed by atoms with E-state index in [1.165, 1.54) is 6.42 Å². The van der Waals surface area contributed by atoms with Crippen molar-refractivity contribution in [3.05, 3.63) is 7.43 Å². The highest BCUT2D eigenvalue weighted by Crippen LogP contribution is 1.56. The van der Waals surface area contributed by atoms with E-state index >= 15 is 0 Å². The molecule has 0 heteroatoms. The van der Waals surface area contributed by atoms with Gasteiger partial charge in [0.05, 0.1) is 0 Å². The first-order chi connectivity index (χ1) is 1.41. The highest BCUT2D eigenvalue weighted by molar-refractivity contribution is 3.92. The molecule has 0 aromatic carbocycles. The zero-order chi connectivity index (χ0) is 2.71. The van der Waals surface area contributed by atoms with Gasteiger partial charge in [-0.1, -0.05) is 20.3 Å². The van der Waals surface area contributed by atoms with E-state index in [9.17, 15) is 0 Å². The average molecular weight is 56.1 g/mol. The number of hydrogen-bond donors (Lipinski definition) is 0. The van der Waals surface area contributed by atoms with Crippen LogP contribution in [0, 0.1) is 7.43 Å². The van der Waals surface area contributed by atoms with Crippen molar-refractivity contribution in [3.8, 4) is 0 Å². The standard InChI is InChI=1S/C3H8.C/c1-3-2;/h3H2,1-2H3;. The molecule has 0 saturated heterocycles. The maximum absolute atomic E-state index is 2.12. The predicted molar refractivity (Wildman–Crippen MR) is 19.2 cm³/mol. The second kappa shape index (κ2) is 12.0. The van der Waals surface area contributed by atoms with Crippen molar-refractivity contribution >= 4 is 0 Å². The van der Waals surface area contributed by atoms with Gasteiger partial charge in [-0.05, 0) is 0 Å². The van der Waals surface area contributed by atoms with Crippen LogP contribution in [-0.4, -0.2) is 0 Å². The minimum Gasteiger partial charge on any atom is -0.0656 e. The Morgan fingerprint density at radius 2 is 1.25 bits per heavy atom. The summed E-state index contributed by atoms with van der Waals surface area (Å²) in [5.74, 6) is 0. The molecule has 0 atom stereocenters. The molecule has 0 bridgehead atoms. The van der Waals surface area contributed by atoms with Crippen LogP contribution in [-0.2, 0) is 0 Å². The smallest absolute Gasteiger partial charge is 0 e. The van der Waals surface area contributed by atoms with Crippen molar-refractivity contribution < 1.29 is 0 Å². The Hall–Kier alpha value is 0. The normalized spacial score (nSPS) is 4.50. The molecule has 0 amide bonds. The molecule has 0 fully saturated rings. The Morgan fingerprint density at radius 3 is 1.25 bits per heavy atom. The molecule has 0 aromatic rings. The molecule has 0 aliphatic rings. The zero-order valence-corrected chi connectivity index (χ0v) is 3.21. The number of rotatable bonds is 0. The lowest BCUT2D eigenvalue weighted by molar-refractivity contribution is 1.09. The summed E-state index contributed by atoms with van der Waals surface area (Å²) in [6.45, 7) is 4.25. The maximum atomic E-state index is 2.12. The van der Waals surface area contributed by atoms with Crippen molar-refractivity contribution in [1.29, 1.82) is 0 Å². The average Bonchev–Trinajstić information content (AvgIpc) is 0.918. The summed E-state index contributed by atoms with van der Waals surface area (Å²) in [5, 5.41) is 0. The Balaban J connectivity index is 0. The molecule has 0 aromatic heterocycles. The summed E-state index contributed by atoms with van der Waals surface area (Å²) in [6, 6.07) is 0. The lowest BCUT2D eigenvalue weighted by Gasteiger charge is -1.48. The molecule has 0 aliphatic heterocycles.